The number of nitro benzene ring substituents is 1. The van der Waals surface area contributed by atoms with Gasteiger partial charge in [-0.25, -0.2) is 8.78 Å². The summed E-state index contributed by atoms with van der Waals surface area (Å²) in [4.78, 5) is 10.3. The van der Waals surface area contributed by atoms with Gasteiger partial charge in [-0.15, -0.1) is 11.8 Å². The van der Waals surface area contributed by atoms with Crippen LogP contribution in [0.1, 0.15) is 5.56 Å². The molecule has 0 unspecified atom stereocenters. The van der Waals surface area contributed by atoms with Crippen LogP contribution in [0.2, 0.25) is 0 Å². The van der Waals surface area contributed by atoms with Gasteiger partial charge in [0.05, 0.1) is 4.92 Å². The van der Waals surface area contributed by atoms with Crippen LogP contribution in [0.4, 0.5) is 20.2 Å². The van der Waals surface area contributed by atoms with Gasteiger partial charge in [-0.1, -0.05) is 0 Å². The first-order chi connectivity index (χ1) is 9.47. The van der Waals surface area contributed by atoms with Gasteiger partial charge in [0.25, 0.3) is 5.69 Å². The van der Waals surface area contributed by atoms with Crippen molar-refractivity contribution in [2.75, 3.05) is 5.73 Å². The zero-order valence-electron chi connectivity index (χ0n) is 10.2. The molecule has 0 saturated heterocycles. The number of nitrogen functional groups attached to an aromatic ring is 1. The lowest BCUT2D eigenvalue weighted by Gasteiger charge is -2.06. The Morgan fingerprint density at radius 3 is 2.65 bits per heavy atom. The number of hydrogen-bond acceptors (Lipinski definition) is 4. The van der Waals surface area contributed by atoms with Crippen molar-refractivity contribution < 1.29 is 13.7 Å². The van der Waals surface area contributed by atoms with E-state index in [2.05, 4.69) is 0 Å². The molecule has 0 heterocycles. The Morgan fingerprint density at radius 1 is 1.20 bits per heavy atom. The third kappa shape index (κ3) is 3.24. The summed E-state index contributed by atoms with van der Waals surface area (Å²) in [6.45, 7) is 0. The largest absolute Gasteiger partial charge is 0.398 e. The van der Waals surface area contributed by atoms with Crippen LogP contribution in [-0.4, -0.2) is 4.92 Å². The van der Waals surface area contributed by atoms with Crippen LogP contribution in [0.5, 0.6) is 0 Å². The molecule has 7 heteroatoms. The molecule has 0 spiro atoms. The average Bonchev–Trinajstić information content (AvgIpc) is 2.41. The molecule has 20 heavy (non-hydrogen) atoms. The summed E-state index contributed by atoms with van der Waals surface area (Å²) >= 11 is 1.03. The summed E-state index contributed by atoms with van der Waals surface area (Å²) in [7, 11) is 0. The molecule has 2 aromatic rings. The Balaban J connectivity index is 2.20. The summed E-state index contributed by atoms with van der Waals surface area (Å²) in [6.07, 6.45) is 0. The Bertz CT molecular complexity index is 665. The van der Waals surface area contributed by atoms with Crippen molar-refractivity contribution in [3.8, 4) is 0 Å². The maximum atomic E-state index is 13.5. The minimum atomic E-state index is -0.541. The number of hydrogen-bond donors (Lipinski definition) is 1. The number of thioether (sulfide) groups is 1. The van der Waals surface area contributed by atoms with E-state index in [0.29, 0.717) is 11.3 Å². The summed E-state index contributed by atoms with van der Waals surface area (Å²) < 4.78 is 26.5. The smallest absolute Gasteiger partial charge is 0.269 e. The summed E-state index contributed by atoms with van der Waals surface area (Å²) in [6, 6.07) is 7.20. The normalized spacial score (nSPS) is 10.5. The van der Waals surface area contributed by atoms with Crippen molar-refractivity contribution >= 4 is 23.1 Å². The van der Waals surface area contributed by atoms with Gasteiger partial charge < -0.3 is 5.73 Å². The van der Waals surface area contributed by atoms with Gasteiger partial charge in [0, 0.05) is 28.5 Å². The van der Waals surface area contributed by atoms with E-state index in [0.717, 1.165) is 30.0 Å². The molecule has 0 aliphatic rings. The number of non-ortho nitro benzene ring substituents is 1. The van der Waals surface area contributed by atoms with Gasteiger partial charge in [0.2, 0.25) is 0 Å². The van der Waals surface area contributed by atoms with Crippen LogP contribution < -0.4 is 5.73 Å². The molecule has 0 saturated carbocycles. The highest BCUT2D eigenvalue weighted by molar-refractivity contribution is 7.98. The van der Waals surface area contributed by atoms with Crippen LogP contribution in [0, 0.1) is 21.7 Å². The van der Waals surface area contributed by atoms with E-state index in [1.54, 1.807) is 0 Å². The second kappa shape index (κ2) is 5.87. The monoisotopic (exact) mass is 296 g/mol. The van der Waals surface area contributed by atoms with Crippen molar-refractivity contribution in [2.24, 2.45) is 0 Å². The minimum Gasteiger partial charge on any atom is -0.398 e. The predicted octanol–water partition coefficient (Wildman–Crippen LogP) is 3.75. The molecule has 0 amide bonds. The van der Waals surface area contributed by atoms with Crippen LogP contribution in [-0.2, 0) is 5.75 Å². The Kier molecular flexibility index (Phi) is 4.19. The number of anilines is 1. The zero-order valence-corrected chi connectivity index (χ0v) is 11.0. The maximum Gasteiger partial charge on any atom is 0.269 e. The maximum absolute atomic E-state index is 13.5. The van der Waals surface area contributed by atoms with Crippen molar-refractivity contribution in [1.82, 2.24) is 0 Å². The quantitative estimate of drug-likeness (QED) is 0.404. The lowest BCUT2D eigenvalue weighted by Crippen LogP contribution is -1.96. The molecule has 104 valence electrons. The summed E-state index contributed by atoms with van der Waals surface area (Å²) in [5.41, 5.74) is 6.51. The molecule has 0 atom stereocenters. The summed E-state index contributed by atoms with van der Waals surface area (Å²) in [5, 5.41) is 10.7. The first-order valence-electron chi connectivity index (χ1n) is 5.58. The highest BCUT2D eigenvalue weighted by atomic mass is 32.2. The summed E-state index contributed by atoms with van der Waals surface area (Å²) in [5.74, 6) is -0.866. The molecule has 0 bridgehead atoms. The van der Waals surface area contributed by atoms with Crippen molar-refractivity contribution in [3.63, 3.8) is 0 Å². The van der Waals surface area contributed by atoms with Gasteiger partial charge >= 0.3 is 0 Å². The number of halogens is 2. The van der Waals surface area contributed by atoms with E-state index in [1.807, 2.05) is 0 Å². The third-order valence-electron chi connectivity index (χ3n) is 2.61. The fraction of sp³-hybridized carbons (Fsp3) is 0.0769. The average molecular weight is 296 g/mol. The van der Waals surface area contributed by atoms with Gasteiger partial charge in [-0.2, -0.15) is 0 Å². The highest BCUT2D eigenvalue weighted by Gasteiger charge is 2.11. The Morgan fingerprint density at radius 2 is 1.95 bits per heavy atom. The van der Waals surface area contributed by atoms with Crippen LogP contribution >= 0.6 is 11.8 Å². The lowest BCUT2D eigenvalue weighted by atomic mass is 10.2. The third-order valence-corrected chi connectivity index (χ3v) is 3.69. The van der Waals surface area contributed by atoms with E-state index in [1.165, 1.54) is 18.2 Å². The number of nitro groups is 1. The molecule has 4 nitrogen and oxygen atoms in total. The van der Waals surface area contributed by atoms with E-state index >= 15 is 0 Å². The molecule has 0 aromatic heterocycles. The number of nitrogens with zero attached hydrogens (tertiary/aromatic N) is 1. The van der Waals surface area contributed by atoms with E-state index < -0.39 is 16.6 Å². The van der Waals surface area contributed by atoms with Crippen molar-refractivity contribution in [3.05, 3.63) is 63.7 Å². The molecule has 2 N–H and O–H groups in total. The molecule has 2 rings (SSSR count). The molecule has 0 aliphatic heterocycles. The van der Waals surface area contributed by atoms with Gasteiger partial charge in [-0.05, 0) is 29.8 Å². The number of nitrogens with two attached hydrogens (primary N) is 1. The van der Waals surface area contributed by atoms with E-state index in [-0.39, 0.29) is 16.3 Å². The second-order valence-corrected chi connectivity index (χ2v) is 5.02. The van der Waals surface area contributed by atoms with Crippen LogP contribution in [0.15, 0.2) is 41.3 Å². The molecule has 0 aliphatic carbocycles. The van der Waals surface area contributed by atoms with E-state index in [9.17, 15) is 18.9 Å². The Labute approximate surface area is 117 Å². The van der Waals surface area contributed by atoms with Crippen molar-refractivity contribution in [1.29, 1.82) is 0 Å². The highest BCUT2D eigenvalue weighted by Crippen LogP contribution is 2.30. The molecule has 2 aromatic carbocycles. The molecular formula is C13H10F2N2O2S. The van der Waals surface area contributed by atoms with Gasteiger partial charge in [0.15, 0.2) is 0 Å². The fourth-order valence-electron chi connectivity index (χ4n) is 1.57. The molecule has 0 fully saturated rings. The lowest BCUT2D eigenvalue weighted by molar-refractivity contribution is -0.384. The van der Waals surface area contributed by atoms with Crippen LogP contribution in [0.25, 0.3) is 0 Å². The minimum absolute atomic E-state index is 0.0884. The van der Waals surface area contributed by atoms with Crippen LogP contribution in [0.3, 0.4) is 0 Å². The molecular weight excluding hydrogens is 286 g/mol. The first-order valence-corrected chi connectivity index (χ1v) is 6.56. The predicted molar refractivity (Wildman–Crippen MR) is 73.4 cm³/mol. The molecule has 0 radical (unpaired) electrons. The SMILES string of the molecule is Nc1ccc([N+](=O)[O-])cc1CSc1cc(F)ccc1F. The van der Waals surface area contributed by atoms with Gasteiger partial charge in [0.1, 0.15) is 11.6 Å². The topological polar surface area (TPSA) is 69.2 Å². The Hall–Kier alpha value is -2.15. The fourth-order valence-corrected chi connectivity index (χ4v) is 2.54. The van der Waals surface area contributed by atoms with E-state index in [4.69, 9.17) is 5.73 Å². The van der Waals surface area contributed by atoms with Gasteiger partial charge in [-0.3, -0.25) is 10.1 Å². The number of rotatable bonds is 4. The number of benzene rings is 2. The second-order valence-electron chi connectivity index (χ2n) is 4.00. The first kappa shape index (κ1) is 14.3. The van der Waals surface area contributed by atoms with Crippen molar-refractivity contribution in [2.45, 2.75) is 10.6 Å². The zero-order chi connectivity index (χ0) is 14.7. The standard InChI is InChI=1S/C13H10F2N2O2S/c14-9-1-3-11(15)13(6-9)20-7-8-5-10(17(18)19)2-4-12(8)16/h1-6H,7,16H2.